The molecule has 0 saturated carbocycles. The van der Waals surface area contributed by atoms with Crippen LogP contribution in [0.3, 0.4) is 0 Å². The molecule has 1 amide bonds. The Labute approximate surface area is 298 Å². The van der Waals surface area contributed by atoms with Crippen molar-refractivity contribution in [3.63, 3.8) is 0 Å². The summed E-state index contributed by atoms with van der Waals surface area (Å²) in [6.45, 7) is 16.2. The third-order valence-electron chi connectivity index (χ3n) is 9.91. The van der Waals surface area contributed by atoms with E-state index in [1.807, 2.05) is 27.7 Å². The molecule has 2 rings (SSSR count). The molecule has 10 heteroatoms. The van der Waals surface area contributed by atoms with Gasteiger partial charge >= 0.3 is 0 Å². The molecule has 2 N–H and O–H groups in total. The number of methoxy groups -OCH3 is 2. The van der Waals surface area contributed by atoms with E-state index in [2.05, 4.69) is 10.6 Å². The van der Waals surface area contributed by atoms with Gasteiger partial charge in [-0.25, -0.2) is 0 Å². The van der Waals surface area contributed by atoms with Crippen LogP contribution in [-0.4, -0.2) is 68.7 Å². The highest BCUT2D eigenvalue weighted by Crippen LogP contribution is 2.40. The Balaban J connectivity index is 1.55. The highest BCUT2D eigenvalue weighted by molar-refractivity contribution is 6.25. The minimum absolute atomic E-state index is 0.0784. The molecule has 0 aromatic carbocycles. The van der Waals surface area contributed by atoms with Gasteiger partial charge in [-0.3, -0.25) is 28.8 Å². The van der Waals surface area contributed by atoms with Crippen molar-refractivity contribution in [2.45, 2.75) is 126 Å². The maximum Gasteiger partial charge on any atom is 0.228 e. The minimum Gasteiger partial charge on any atom is -0.489 e. The van der Waals surface area contributed by atoms with Gasteiger partial charge in [0.1, 0.15) is 5.78 Å². The zero-order valence-electron chi connectivity index (χ0n) is 32.2. The number of hydrogen-bond donors (Lipinski definition) is 2. The average molecular weight is 697 g/mol. The zero-order chi connectivity index (χ0) is 37.8. The van der Waals surface area contributed by atoms with Crippen molar-refractivity contribution < 1.29 is 38.2 Å². The number of Topliss-reactive ketones (excluding diaryl/α,β-unsaturated/α-hetero) is 5. The van der Waals surface area contributed by atoms with Crippen molar-refractivity contribution in [2.24, 2.45) is 10.8 Å². The second-order valence-electron chi connectivity index (χ2n) is 15.0. The molecule has 0 aliphatic heterocycles. The van der Waals surface area contributed by atoms with E-state index in [-0.39, 0.29) is 53.4 Å². The lowest BCUT2D eigenvalue weighted by molar-refractivity contribution is -0.124. The lowest BCUT2D eigenvalue weighted by Crippen LogP contribution is -2.35. The van der Waals surface area contributed by atoms with Crippen LogP contribution in [0.25, 0.3) is 0 Å². The molecule has 0 aromatic heterocycles. The van der Waals surface area contributed by atoms with Crippen LogP contribution in [0.2, 0.25) is 0 Å². The summed E-state index contributed by atoms with van der Waals surface area (Å²) in [6, 6.07) is 0. The first kappa shape index (κ1) is 42.5. The standard InChI is InChI=1S/C40H60N2O8/c1-25-26(2)34(46)31(27(3)33(25)45)40(7,8)24-30(44)42-22-18-21-41-20-17-15-13-11-12-14-16-19-29(43)23-39(5,6)32-28(4)35(47)37(49-9)38(50-10)36(32)48/h41H,11-24H2,1-10H3,(H,42,44). The van der Waals surface area contributed by atoms with E-state index in [0.29, 0.717) is 46.4 Å². The van der Waals surface area contributed by atoms with Gasteiger partial charge in [-0.15, -0.1) is 0 Å². The van der Waals surface area contributed by atoms with Gasteiger partial charge in [0.05, 0.1) is 14.2 Å². The second kappa shape index (κ2) is 19.1. The van der Waals surface area contributed by atoms with Crippen LogP contribution in [-0.2, 0) is 38.2 Å². The SMILES string of the molecule is COC1=C(OC)C(=O)C(C(C)(C)CC(=O)CCCCCCCCCNCCCNC(=O)CC(C)(C)C2=C(C)C(=O)C(C)=C(C)C2=O)=C(C)C1=O. The lowest BCUT2D eigenvalue weighted by atomic mass is 9.71. The average Bonchev–Trinajstić information content (AvgIpc) is 3.03. The van der Waals surface area contributed by atoms with Gasteiger partial charge < -0.3 is 20.1 Å². The largest absolute Gasteiger partial charge is 0.489 e. The summed E-state index contributed by atoms with van der Waals surface area (Å²) in [5.41, 5.74) is 0.896. The maximum absolute atomic E-state index is 13.1. The van der Waals surface area contributed by atoms with Crippen molar-refractivity contribution in [3.05, 3.63) is 45.0 Å². The van der Waals surface area contributed by atoms with Crippen LogP contribution in [0.15, 0.2) is 45.0 Å². The number of unbranched alkanes of at least 4 members (excludes halogenated alkanes) is 6. The van der Waals surface area contributed by atoms with Crippen molar-refractivity contribution in [2.75, 3.05) is 33.9 Å². The summed E-state index contributed by atoms with van der Waals surface area (Å²) in [4.78, 5) is 76.8. The van der Waals surface area contributed by atoms with Crippen LogP contribution >= 0.6 is 0 Å². The summed E-state index contributed by atoms with van der Waals surface area (Å²) in [7, 11) is 2.66. The Morgan fingerprint density at radius 2 is 1.00 bits per heavy atom. The van der Waals surface area contributed by atoms with Crippen LogP contribution in [0, 0.1) is 10.8 Å². The fourth-order valence-corrected chi connectivity index (χ4v) is 7.11. The zero-order valence-corrected chi connectivity index (χ0v) is 32.2. The van der Waals surface area contributed by atoms with Crippen molar-refractivity contribution in [3.8, 4) is 0 Å². The van der Waals surface area contributed by atoms with Gasteiger partial charge in [0.25, 0.3) is 0 Å². The van der Waals surface area contributed by atoms with Gasteiger partial charge in [-0.05, 0) is 60.0 Å². The number of allylic oxidation sites excluding steroid dienone is 6. The summed E-state index contributed by atoms with van der Waals surface area (Å²) in [5.74, 6) is -1.32. The third kappa shape index (κ3) is 10.9. The van der Waals surface area contributed by atoms with E-state index in [1.54, 1.807) is 27.7 Å². The third-order valence-corrected chi connectivity index (χ3v) is 9.91. The Kier molecular flexibility index (Phi) is 16.2. The molecule has 0 unspecified atom stereocenters. The highest BCUT2D eigenvalue weighted by Gasteiger charge is 2.42. The van der Waals surface area contributed by atoms with Gasteiger partial charge in [0, 0.05) is 70.1 Å². The molecule has 50 heavy (non-hydrogen) atoms. The van der Waals surface area contributed by atoms with Crippen LogP contribution in [0.1, 0.15) is 126 Å². The molecule has 2 aliphatic carbocycles. The number of nitrogens with one attached hydrogen (secondary N) is 2. The highest BCUT2D eigenvalue weighted by atomic mass is 16.5. The van der Waals surface area contributed by atoms with Gasteiger partial charge in [0.15, 0.2) is 11.6 Å². The molecule has 0 fully saturated rings. The smallest absolute Gasteiger partial charge is 0.228 e. The number of hydrogen-bond acceptors (Lipinski definition) is 9. The number of carbonyl (C=O) groups is 6. The molecular formula is C40H60N2O8. The number of rotatable bonds is 22. The van der Waals surface area contributed by atoms with Crippen molar-refractivity contribution in [1.29, 1.82) is 0 Å². The first-order valence-electron chi connectivity index (χ1n) is 18.0. The van der Waals surface area contributed by atoms with E-state index in [4.69, 9.17) is 9.47 Å². The van der Waals surface area contributed by atoms with Gasteiger partial charge in [-0.2, -0.15) is 0 Å². The Bertz CT molecular complexity index is 1470. The molecule has 10 nitrogen and oxygen atoms in total. The molecule has 0 heterocycles. The molecule has 0 atom stereocenters. The normalized spacial score (nSPS) is 16.2. The fraction of sp³-hybridized carbons (Fsp3) is 0.650. The molecule has 0 saturated heterocycles. The van der Waals surface area contributed by atoms with Crippen LogP contribution < -0.4 is 10.6 Å². The first-order valence-corrected chi connectivity index (χ1v) is 18.0. The number of ether oxygens (including phenoxy) is 2. The lowest BCUT2D eigenvalue weighted by Gasteiger charge is -2.31. The van der Waals surface area contributed by atoms with Crippen LogP contribution in [0.4, 0.5) is 0 Å². The molecule has 0 spiro atoms. The van der Waals surface area contributed by atoms with Gasteiger partial charge in [0.2, 0.25) is 29.0 Å². The predicted molar refractivity (Wildman–Crippen MR) is 194 cm³/mol. The number of ketones is 5. The topological polar surface area (TPSA) is 145 Å². The van der Waals surface area contributed by atoms with Crippen molar-refractivity contribution in [1.82, 2.24) is 10.6 Å². The number of amides is 1. The van der Waals surface area contributed by atoms with E-state index in [0.717, 1.165) is 64.5 Å². The molecule has 0 aromatic rings. The predicted octanol–water partition coefficient (Wildman–Crippen LogP) is 6.38. The summed E-state index contributed by atoms with van der Waals surface area (Å²) < 4.78 is 10.3. The summed E-state index contributed by atoms with van der Waals surface area (Å²) in [6.07, 6.45) is 8.86. The van der Waals surface area contributed by atoms with E-state index < -0.39 is 16.6 Å². The van der Waals surface area contributed by atoms with E-state index in [9.17, 15) is 28.8 Å². The molecule has 2 aliphatic rings. The van der Waals surface area contributed by atoms with Crippen molar-refractivity contribution >= 4 is 34.8 Å². The second-order valence-corrected chi connectivity index (χ2v) is 15.0. The monoisotopic (exact) mass is 696 g/mol. The summed E-state index contributed by atoms with van der Waals surface area (Å²) in [5, 5.41) is 6.38. The summed E-state index contributed by atoms with van der Waals surface area (Å²) >= 11 is 0. The Morgan fingerprint density at radius 3 is 1.60 bits per heavy atom. The minimum atomic E-state index is -0.801. The van der Waals surface area contributed by atoms with E-state index in [1.165, 1.54) is 14.2 Å². The number of carbonyl (C=O) groups excluding carboxylic acids is 6. The quantitative estimate of drug-likeness (QED) is 0.0973. The molecular weight excluding hydrogens is 636 g/mol. The Morgan fingerprint density at radius 1 is 0.540 bits per heavy atom. The van der Waals surface area contributed by atoms with E-state index >= 15 is 0 Å². The molecule has 0 radical (unpaired) electrons. The molecule has 278 valence electrons. The Hall–Kier alpha value is -3.66. The first-order chi connectivity index (χ1) is 23.4. The maximum atomic E-state index is 13.1. The van der Waals surface area contributed by atoms with Gasteiger partial charge in [-0.1, -0.05) is 59.8 Å². The van der Waals surface area contributed by atoms with Crippen LogP contribution in [0.5, 0.6) is 0 Å². The fourth-order valence-electron chi connectivity index (χ4n) is 7.11. The molecule has 0 bridgehead atoms.